The molecule has 0 spiro atoms. The lowest BCUT2D eigenvalue weighted by Crippen LogP contribution is -2.35. The zero-order chi connectivity index (χ0) is 48.2. The van der Waals surface area contributed by atoms with Crippen LogP contribution < -0.4 is 14.8 Å². The van der Waals surface area contributed by atoms with Crippen LogP contribution in [-0.4, -0.2) is 161 Å². The first kappa shape index (κ1) is 54.5. The Balaban J connectivity index is 1.63. The summed E-state index contributed by atoms with van der Waals surface area (Å²) < 4.78 is 141. The van der Waals surface area contributed by atoms with Crippen molar-refractivity contribution in [3.8, 4) is 11.3 Å². The first-order valence-electron chi connectivity index (χ1n) is 21.2. The molecule has 23 heteroatoms. The lowest BCUT2D eigenvalue weighted by Gasteiger charge is -2.30. The van der Waals surface area contributed by atoms with Gasteiger partial charge >= 0.3 is 5.97 Å². The van der Waals surface area contributed by atoms with Crippen molar-refractivity contribution in [2.24, 2.45) is 0 Å². The van der Waals surface area contributed by atoms with Gasteiger partial charge in [-0.2, -0.15) is 25.3 Å². The monoisotopic (exact) mass is 989 g/mol. The molecule has 0 bridgehead atoms. The van der Waals surface area contributed by atoms with E-state index in [9.17, 15) is 43.7 Å². The second kappa shape index (κ2) is 26.4. The van der Waals surface area contributed by atoms with Crippen molar-refractivity contribution in [1.82, 2.24) is 4.58 Å². The average molecular weight is 990 g/mol. The maximum Gasteiger partial charge on any atom is 0.305 e. The highest BCUT2D eigenvalue weighted by Gasteiger charge is 2.43. The number of fused-ring (bicyclic) bond motifs is 2. The van der Waals surface area contributed by atoms with Gasteiger partial charge in [0.2, 0.25) is 5.36 Å². The van der Waals surface area contributed by atoms with E-state index in [0.29, 0.717) is 68.8 Å². The lowest BCUT2D eigenvalue weighted by molar-refractivity contribution is -0.138. The van der Waals surface area contributed by atoms with Crippen LogP contribution in [0.4, 0.5) is 5.69 Å². The van der Waals surface area contributed by atoms with Crippen LogP contribution in [0.5, 0.6) is 0 Å². The number of benzene rings is 2. The molecule has 66 heavy (non-hydrogen) atoms. The molecule has 368 valence electrons. The summed E-state index contributed by atoms with van der Waals surface area (Å²) in [6.45, 7) is 5.94. The molecule has 1 aromatic carbocycles. The minimum Gasteiger partial charge on any atom is -0.481 e. The zero-order valence-electron chi connectivity index (χ0n) is 37.1. The number of methoxy groups -OCH3 is 1. The molecule has 20 nitrogen and oxygen atoms in total. The molecule has 2 heterocycles. The summed E-state index contributed by atoms with van der Waals surface area (Å²) in [5.41, 5.74) is 2.25. The van der Waals surface area contributed by atoms with Crippen LogP contribution in [0.2, 0.25) is 0 Å². The Kier molecular flexibility index (Phi) is 21.8. The molecule has 0 aromatic heterocycles. The molecule has 4 N–H and O–H groups in total. The normalized spacial score (nSPS) is 16.7. The number of allylic oxidation sites excluding steroid dienone is 3. The van der Waals surface area contributed by atoms with E-state index in [2.05, 4.69) is 0 Å². The van der Waals surface area contributed by atoms with E-state index in [0.717, 1.165) is 16.5 Å². The SMILES string of the molecule is COCCOCCOCC[N+](CCCS(=O)(=O)O)=c1ccc2c(C=CC=C3N(CCOCCOCCOCCC(=O)O)c4ccc(S(=O)(=O)O)cc4C3(C)CCCS(=O)(=O)O)ccoc-2c1. The summed E-state index contributed by atoms with van der Waals surface area (Å²) in [5, 5.41) is 9.45. The minimum absolute atomic E-state index is 0.0169. The van der Waals surface area contributed by atoms with Gasteiger partial charge in [0.05, 0.1) is 101 Å². The Labute approximate surface area is 386 Å². The number of hydrogen-bond acceptors (Lipinski definition) is 15. The number of aliphatic carboxylic acids is 1. The summed E-state index contributed by atoms with van der Waals surface area (Å²) in [6, 6.07) is 11.5. The fraction of sp³-hybridized carbons (Fsp3) is 0.535. The molecule has 3 aliphatic rings. The number of ether oxygens (including phenoxy) is 6. The Morgan fingerprint density at radius 3 is 2.02 bits per heavy atom. The Morgan fingerprint density at radius 2 is 1.38 bits per heavy atom. The smallest absolute Gasteiger partial charge is 0.305 e. The molecular formula is C43H61N2O18S3+. The third-order valence-electron chi connectivity index (χ3n) is 10.5. The number of nitrogens with zero attached hydrogens (tertiary/aromatic N) is 2. The molecular weight excluding hydrogens is 929 g/mol. The van der Waals surface area contributed by atoms with E-state index in [1.165, 1.54) is 18.4 Å². The summed E-state index contributed by atoms with van der Waals surface area (Å²) in [7, 11) is -11.5. The summed E-state index contributed by atoms with van der Waals surface area (Å²) in [5.74, 6) is -1.39. The molecule has 1 unspecified atom stereocenters. The van der Waals surface area contributed by atoms with Gasteiger partial charge in [-0.1, -0.05) is 12.2 Å². The molecule has 1 atom stereocenters. The van der Waals surface area contributed by atoms with Crippen LogP contribution in [0.3, 0.4) is 0 Å². The van der Waals surface area contributed by atoms with Crippen LogP contribution in [0.1, 0.15) is 43.7 Å². The molecule has 0 fully saturated rings. The van der Waals surface area contributed by atoms with E-state index in [4.69, 9.17) is 37.9 Å². The number of carboxylic acid groups (broad SMARTS) is 1. The van der Waals surface area contributed by atoms with E-state index < -0.39 is 53.2 Å². The van der Waals surface area contributed by atoms with Gasteiger partial charge in [0.15, 0.2) is 6.54 Å². The number of carboxylic acids is 1. The topological polar surface area (TPSA) is 275 Å². The summed E-state index contributed by atoms with van der Waals surface area (Å²) in [4.78, 5) is 12.2. The minimum atomic E-state index is -4.62. The van der Waals surface area contributed by atoms with Crippen molar-refractivity contribution >= 4 is 48.1 Å². The largest absolute Gasteiger partial charge is 0.481 e. The molecule has 0 radical (unpaired) electrons. The molecule has 2 aliphatic heterocycles. The van der Waals surface area contributed by atoms with E-state index in [-0.39, 0.29) is 76.8 Å². The molecule has 0 saturated carbocycles. The van der Waals surface area contributed by atoms with Crippen molar-refractivity contribution in [2.75, 3.05) is 116 Å². The molecule has 0 amide bonds. The first-order valence-corrected chi connectivity index (χ1v) is 25.9. The van der Waals surface area contributed by atoms with Gasteiger partial charge in [-0.05, 0) is 67.3 Å². The second-order valence-corrected chi connectivity index (χ2v) is 19.9. The van der Waals surface area contributed by atoms with Crippen LogP contribution in [0, 0.1) is 0 Å². The zero-order valence-corrected chi connectivity index (χ0v) is 39.6. The molecule has 0 saturated heterocycles. The Hall–Kier alpha value is -4.11. The van der Waals surface area contributed by atoms with Gasteiger partial charge in [-0.15, -0.1) is 0 Å². The van der Waals surface area contributed by atoms with Crippen LogP contribution in [0.25, 0.3) is 17.4 Å². The fourth-order valence-corrected chi connectivity index (χ4v) is 8.82. The highest BCUT2D eigenvalue weighted by Crippen LogP contribution is 2.51. The highest BCUT2D eigenvalue weighted by molar-refractivity contribution is 7.86. The predicted octanol–water partition coefficient (Wildman–Crippen LogP) is 3.23. The number of carbonyl (C=O) groups is 1. The maximum absolute atomic E-state index is 12.3. The van der Waals surface area contributed by atoms with Crippen molar-refractivity contribution in [2.45, 2.75) is 42.9 Å². The third kappa shape index (κ3) is 18.2. The summed E-state index contributed by atoms with van der Waals surface area (Å²) in [6.07, 6.45) is 7.23. The van der Waals surface area contributed by atoms with E-state index >= 15 is 0 Å². The summed E-state index contributed by atoms with van der Waals surface area (Å²) >= 11 is 0. The van der Waals surface area contributed by atoms with Crippen molar-refractivity contribution < 1.29 is 81.7 Å². The van der Waals surface area contributed by atoms with E-state index in [1.807, 2.05) is 46.8 Å². The van der Waals surface area contributed by atoms with Crippen LogP contribution >= 0.6 is 0 Å². The maximum atomic E-state index is 12.3. The highest BCUT2D eigenvalue weighted by atomic mass is 32.2. The Bertz CT molecular complexity index is 2470. The van der Waals surface area contributed by atoms with Crippen LogP contribution in [0.15, 0.2) is 75.9 Å². The van der Waals surface area contributed by atoms with Gasteiger partial charge in [-0.25, -0.2) is 4.58 Å². The van der Waals surface area contributed by atoms with Crippen molar-refractivity contribution in [1.29, 1.82) is 0 Å². The molecule has 1 aromatic rings. The van der Waals surface area contributed by atoms with Gasteiger partial charge in [0.25, 0.3) is 30.4 Å². The molecule has 4 rings (SSSR count). The van der Waals surface area contributed by atoms with Gasteiger partial charge in [-0.3, -0.25) is 18.5 Å². The number of rotatable bonds is 32. The van der Waals surface area contributed by atoms with Gasteiger partial charge in [0, 0.05) is 48.5 Å². The predicted molar refractivity (Wildman–Crippen MR) is 243 cm³/mol. The first-order chi connectivity index (χ1) is 31.3. The second-order valence-electron chi connectivity index (χ2n) is 15.3. The third-order valence-corrected chi connectivity index (χ3v) is 13.0. The standard InChI is InChI=1S/C43H60N2O18S3/c1-43(14-4-30-64(48,49)50)38-33-36(66(54,55)56)9-11-39(38)45(17-21-60-26-29-62-27-24-58-18-13-42(46)47)41(43)7-3-6-34-12-19-63-40-32-35(8-10-37(34)40)44(15-5-31-65(51,52)53)16-20-59-25-28-61-23-22-57-2/h3,6-12,19,32-33H,4-5,13-18,20-31H2,1-2H3,(H3-,46,47,48,49,50,51,52,53,54,55,56)/p+1. The van der Waals surface area contributed by atoms with Crippen molar-refractivity contribution in [3.05, 3.63) is 83.1 Å². The molecule has 1 aliphatic carbocycles. The van der Waals surface area contributed by atoms with Crippen LogP contribution in [-0.2, 0) is 69.0 Å². The number of hydrogen-bond donors (Lipinski definition) is 4. The fourth-order valence-electron chi connectivity index (χ4n) is 7.31. The number of anilines is 1. The lowest BCUT2D eigenvalue weighted by atomic mass is 9.77. The average Bonchev–Trinajstić information content (AvgIpc) is 3.47. The quantitative estimate of drug-likeness (QED) is 0.0397. The van der Waals surface area contributed by atoms with Crippen molar-refractivity contribution in [3.63, 3.8) is 0 Å². The van der Waals surface area contributed by atoms with Gasteiger partial charge in [0.1, 0.15) is 18.9 Å². The van der Waals surface area contributed by atoms with E-state index in [1.54, 1.807) is 25.3 Å². The van der Waals surface area contributed by atoms with Gasteiger partial charge < -0.3 is 42.8 Å². The Morgan fingerprint density at radius 1 is 0.758 bits per heavy atom.